The number of rotatable bonds is 7. The molecule has 3 heteroatoms. The van der Waals surface area contributed by atoms with E-state index in [0.717, 1.165) is 31.7 Å². The number of aromatic nitrogens is 1. The molecule has 0 aliphatic rings. The molecule has 0 spiro atoms. The third kappa shape index (κ3) is 4.25. The molecule has 0 amide bonds. The van der Waals surface area contributed by atoms with Crippen LogP contribution >= 0.6 is 0 Å². The highest BCUT2D eigenvalue weighted by Crippen LogP contribution is 2.29. The van der Waals surface area contributed by atoms with Gasteiger partial charge >= 0.3 is 0 Å². The average molecular weight is 386 g/mol. The van der Waals surface area contributed by atoms with Gasteiger partial charge in [0.1, 0.15) is 12.8 Å². The van der Waals surface area contributed by atoms with E-state index >= 15 is 0 Å². The Hall–Kier alpha value is -2.91. The smallest absolute Gasteiger partial charge is 0.216 e. The first-order valence-corrected chi connectivity index (χ1v) is 10.3. The van der Waals surface area contributed by atoms with E-state index in [-0.39, 0.29) is 0 Å². The van der Waals surface area contributed by atoms with Crippen LogP contribution in [0.4, 0.5) is 0 Å². The van der Waals surface area contributed by atoms with Crippen LogP contribution in [0.25, 0.3) is 21.8 Å². The van der Waals surface area contributed by atoms with Gasteiger partial charge in [-0.15, -0.1) is 0 Å². The monoisotopic (exact) mass is 385 g/mol. The molecule has 0 atom stereocenters. The molecule has 0 unspecified atom stereocenters. The fourth-order valence-electron chi connectivity index (χ4n) is 3.99. The first-order chi connectivity index (χ1) is 14.1. The maximum Gasteiger partial charge on any atom is 0.216 e. The highest BCUT2D eigenvalue weighted by molar-refractivity contribution is 5.94. The van der Waals surface area contributed by atoms with Crippen LogP contribution in [0.1, 0.15) is 17.5 Å². The third-order valence-corrected chi connectivity index (χ3v) is 5.49. The van der Waals surface area contributed by atoms with Gasteiger partial charge in [0.15, 0.2) is 0 Å². The number of fused-ring (bicyclic) bond motifs is 2. The Morgan fingerprint density at radius 3 is 2.34 bits per heavy atom. The zero-order valence-electron chi connectivity index (χ0n) is 17.6. The molecule has 1 heterocycles. The summed E-state index contributed by atoms with van der Waals surface area (Å²) in [4.78, 5) is 2.19. The summed E-state index contributed by atoms with van der Waals surface area (Å²) in [7, 11) is 6.33. The summed E-state index contributed by atoms with van der Waals surface area (Å²) in [6, 6.07) is 25.9. The topological polar surface area (TPSA) is 16.4 Å². The first kappa shape index (κ1) is 19.4. The van der Waals surface area contributed by atoms with Crippen molar-refractivity contribution >= 4 is 21.8 Å². The van der Waals surface area contributed by atoms with E-state index in [1.54, 1.807) is 0 Å². The second-order valence-corrected chi connectivity index (χ2v) is 7.90. The Bertz CT molecular complexity index is 1120. The fourth-order valence-corrected chi connectivity index (χ4v) is 3.99. The largest absolute Gasteiger partial charge is 0.493 e. The van der Waals surface area contributed by atoms with E-state index in [1.807, 2.05) is 0 Å². The molecule has 0 bridgehead atoms. The highest BCUT2D eigenvalue weighted by atomic mass is 16.5. The Morgan fingerprint density at radius 2 is 1.55 bits per heavy atom. The summed E-state index contributed by atoms with van der Waals surface area (Å²) in [5.41, 5.74) is 5.16. The number of para-hydroxylation sites is 1. The molecule has 0 saturated heterocycles. The summed E-state index contributed by atoms with van der Waals surface area (Å²) in [6.07, 6.45) is 1.94. The molecule has 3 aromatic carbocycles. The maximum atomic E-state index is 6.05. The molecule has 4 rings (SSSR count). The van der Waals surface area contributed by atoms with Gasteiger partial charge in [0.05, 0.1) is 23.4 Å². The molecule has 148 valence electrons. The summed E-state index contributed by atoms with van der Waals surface area (Å²) in [6.45, 7) is 1.77. The van der Waals surface area contributed by atoms with E-state index in [1.165, 1.54) is 32.9 Å². The second-order valence-electron chi connectivity index (χ2n) is 7.90. The van der Waals surface area contributed by atoms with E-state index < -0.39 is 0 Å². The third-order valence-electron chi connectivity index (χ3n) is 5.49. The average Bonchev–Trinajstić information content (AvgIpc) is 2.75. The van der Waals surface area contributed by atoms with Crippen molar-refractivity contribution in [2.24, 2.45) is 7.05 Å². The van der Waals surface area contributed by atoms with Crippen LogP contribution in [-0.2, 0) is 13.5 Å². The Kier molecular flexibility index (Phi) is 5.77. The van der Waals surface area contributed by atoms with Crippen LogP contribution < -0.4 is 9.30 Å². The predicted octanol–water partition coefficient (Wildman–Crippen LogP) is 4.74. The summed E-state index contributed by atoms with van der Waals surface area (Å²) >= 11 is 0. The van der Waals surface area contributed by atoms with Crippen molar-refractivity contribution in [2.75, 3.05) is 27.2 Å². The highest BCUT2D eigenvalue weighted by Gasteiger charge is 2.18. The van der Waals surface area contributed by atoms with E-state index in [4.69, 9.17) is 4.74 Å². The standard InChI is InChI=1S/C26H29N2O/c1-27(2)16-9-17-29-21-14-15-23-24(18-20-10-5-4-6-11-20)22-12-7-8-13-25(22)28(3)26(23)19-21/h4-8,10-15,19H,9,16-18H2,1-3H3/q+1. The van der Waals surface area contributed by atoms with Gasteiger partial charge in [-0.25, -0.2) is 0 Å². The summed E-state index contributed by atoms with van der Waals surface area (Å²) in [5, 5.41) is 2.60. The molecule has 0 saturated carbocycles. The van der Waals surface area contributed by atoms with E-state index in [9.17, 15) is 0 Å². The summed E-state index contributed by atoms with van der Waals surface area (Å²) in [5.74, 6) is 0.938. The van der Waals surface area contributed by atoms with Gasteiger partial charge in [-0.3, -0.25) is 0 Å². The van der Waals surface area contributed by atoms with Gasteiger partial charge in [0.25, 0.3) is 0 Å². The molecular weight excluding hydrogens is 356 g/mol. The van der Waals surface area contributed by atoms with Gasteiger partial charge in [0.2, 0.25) is 11.0 Å². The molecular formula is C26H29N2O+. The lowest BCUT2D eigenvalue weighted by Crippen LogP contribution is -2.30. The van der Waals surface area contributed by atoms with Gasteiger partial charge in [-0.2, -0.15) is 4.57 Å². The number of pyridine rings is 1. The van der Waals surface area contributed by atoms with Crippen molar-refractivity contribution in [3.05, 3.63) is 83.9 Å². The molecule has 29 heavy (non-hydrogen) atoms. The number of benzene rings is 3. The Balaban J connectivity index is 1.77. The number of hydrogen-bond donors (Lipinski definition) is 0. The summed E-state index contributed by atoms with van der Waals surface area (Å²) < 4.78 is 8.33. The molecule has 1 aromatic heterocycles. The second kappa shape index (κ2) is 8.62. The fraction of sp³-hybridized carbons (Fsp3) is 0.269. The van der Waals surface area contributed by atoms with Gasteiger partial charge in [-0.05, 0) is 56.3 Å². The van der Waals surface area contributed by atoms with Crippen molar-refractivity contribution in [1.29, 1.82) is 0 Å². The molecule has 0 radical (unpaired) electrons. The zero-order valence-corrected chi connectivity index (χ0v) is 17.6. The van der Waals surface area contributed by atoms with E-state index in [0.29, 0.717) is 0 Å². The minimum absolute atomic E-state index is 0.734. The lowest BCUT2D eigenvalue weighted by Gasteiger charge is -2.13. The van der Waals surface area contributed by atoms with Crippen molar-refractivity contribution in [3.8, 4) is 5.75 Å². The van der Waals surface area contributed by atoms with Crippen LogP contribution in [0, 0.1) is 0 Å². The molecule has 0 fully saturated rings. The Morgan fingerprint density at radius 1 is 0.828 bits per heavy atom. The van der Waals surface area contributed by atoms with Crippen molar-refractivity contribution < 1.29 is 9.30 Å². The normalized spacial score (nSPS) is 11.4. The predicted molar refractivity (Wildman–Crippen MR) is 121 cm³/mol. The molecule has 0 aliphatic carbocycles. The minimum Gasteiger partial charge on any atom is -0.493 e. The SMILES string of the molecule is CN(C)CCCOc1ccc2c(Cc3ccccc3)c3ccccc3[n+](C)c2c1. The lowest BCUT2D eigenvalue weighted by atomic mass is 9.96. The number of hydrogen-bond acceptors (Lipinski definition) is 2. The first-order valence-electron chi connectivity index (χ1n) is 10.3. The minimum atomic E-state index is 0.734. The molecule has 0 N–H and O–H groups in total. The quantitative estimate of drug-likeness (QED) is 0.260. The number of aryl methyl sites for hydroxylation is 1. The van der Waals surface area contributed by atoms with Crippen LogP contribution in [0.5, 0.6) is 5.75 Å². The van der Waals surface area contributed by atoms with Crippen molar-refractivity contribution in [1.82, 2.24) is 4.90 Å². The Labute approximate surface area is 173 Å². The molecule has 4 aromatic rings. The zero-order chi connectivity index (χ0) is 20.2. The van der Waals surface area contributed by atoms with Gasteiger partial charge < -0.3 is 9.64 Å². The van der Waals surface area contributed by atoms with Crippen molar-refractivity contribution in [2.45, 2.75) is 12.8 Å². The molecule has 3 nitrogen and oxygen atoms in total. The van der Waals surface area contributed by atoms with Crippen LogP contribution in [-0.4, -0.2) is 32.1 Å². The maximum absolute atomic E-state index is 6.05. The van der Waals surface area contributed by atoms with Crippen LogP contribution in [0.2, 0.25) is 0 Å². The van der Waals surface area contributed by atoms with Gasteiger partial charge in [-0.1, -0.05) is 42.5 Å². The van der Waals surface area contributed by atoms with Crippen LogP contribution in [0.3, 0.4) is 0 Å². The number of nitrogens with zero attached hydrogens (tertiary/aromatic N) is 2. The van der Waals surface area contributed by atoms with Gasteiger partial charge in [0, 0.05) is 12.6 Å². The number of ether oxygens (including phenoxy) is 1. The van der Waals surface area contributed by atoms with E-state index in [2.05, 4.69) is 103 Å². The van der Waals surface area contributed by atoms with Crippen molar-refractivity contribution in [3.63, 3.8) is 0 Å². The molecule has 0 aliphatic heterocycles. The van der Waals surface area contributed by atoms with Crippen LogP contribution in [0.15, 0.2) is 72.8 Å². The lowest BCUT2D eigenvalue weighted by molar-refractivity contribution is -0.617.